The molecular weight excluding hydrogens is 266 g/mol. The Hall–Kier alpha value is -0.230. The third-order valence-corrected chi connectivity index (χ3v) is 5.32. The molecule has 0 aliphatic carbocycles. The van der Waals surface area contributed by atoms with Crippen molar-refractivity contribution >= 4 is 33.4 Å². The van der Waals surface area contributed by atoms with Gasteiger partial charge in [-0.05, 0) is 17.7 Å². The van der Waals surface area contributed by atoms with Gasteiger partial charge in [-0.15, -0.1) is 11.8 Å². The van der Waals surface area contributed by atoms with Gasteiger partial charge in [0.15, 0.2) is 0 Å². The topological polar surface area (TPSA) is 37.4 Å². The molecule has 0 aromatic heterocycles. The first-order valence-corrected chi connectivity index (χ1v) is 8.10. The van der Waals surface area contributed by atoms with Gasteiger partial charge >= 0.3 is 0 Å². The van der Waals surface area contributed by atoms with Crippen LogP contribution in [-0.4, -0.2) is 31.3 Å². The summed E-state index contributed by atoms with van der Waals surface area (Å²) in [5, 5.41) is 0.560. The minimum Gasteiger partial charge on any atom is -0.212 e. The zero-order valence-electron chi connectivity index (χ0n) is 8.76. The van der Waals surface area contributed by atoms with Crippen LogP contribution in [0.4, 0.5) is 0 Å². The summed E-state index contributed by atoms with van der Waals surface area (Å²) < 4.78 is 24.7. The highest BCUT2D eigenvalue weighted by atomic mass is 35.5. The van der Waals surface area contributed by atoms with Crippen LogP contribution in [0.25, 0.3) is 0 Å². The molecule has 88 valence electrons. The summed E-state index contributed by atoms with van der Waals surface area (Å²) >= 11 is 7.45. The minimum atomic E-state index is -3.13. The molecule has 1 aromatic carbocycles. The molecule has 2 rings (SSSR count). The third kappa shape index (κ3) is 2.53. The second-order valence-electron chi connectivity index (χ2n) is 3.65. The highest BCUT2D eigenvalue weighted by Gasteiger charge is 2.32. The van der Waals surface area contributed by atoms with Crippen LogP contribution in [0.5, 0.6) is 0 Å². The Morgan fingerprint density at radius 2 is 2.00 bits per heavy atom. The predicted octanol–water partition coefficient (Wildman–Crippen LogP) is 2.35. The Balaban J connectivity index is 2.30. The van der Waals surface area contributed by atoms with Gasteiger partial charge in [0.2, 0.25) is 10.0 Å². The van der Waals surface area contributed by atoms with Gasteiger partial charge < -0.3 is 0 Å². The van der Waals surface area contributed by atoms with Crippen molar-refractivity contribution in [2.75, 3.05) is 18.6 Å². The van der Waals surface area contributed by atoms with Gasteiger partial charge in [-0.2, -0.15) is 4.31 Å². The van der Waals surface area contributed by atoms with Crippen LogP contribution in [0.2, 0.25) is 5.02 Å². The molecule has 0 N–H and O–H groups in total. The Labute approximate surface area is 105 Å². The number of nitrogens with zero attached hydrogens (tertiary/aromatic N) is 1. The molecule has 0 amide bonds. The van der Waals surface area contributed by atoms with E-state index in [4.69, 9.17) is 11.6 Å². The van der Waals surface area contributed by atoms with E-state index in [0.29, 0.717) is 11.6 Å². The fourth-order valence-electron chi connectivity index (χ4n) is 1.68. The third-order valence-electron chi connectivity index (χ3n) is 2.43. The molecule has 1 aromatic rings. The smallest absolute Gasteiger partial charge is 0.212 e. The lowest BCUT2D eigenvalue weighted by Crippen LogP contribution is -2.29. The predicted molar refractivity (Wildman–Crippen MR) is 68.2 cm³/mol. The number of sulfonamides is 1. The van der Waals surface area contributed by atoms with Crippen LogP contribution >= 0.6 is 23.4 Å². The first-order chi connectivity index (χ1) is 7.48. The molecule has 1 fully saturated rings. The average Bonchev–Trinajstić information content (AvgIpc) is 2.66. The number of halogens is 1. The molecule has 0 unspecified atom stereocenters. The van der Waals surface area contributed by atoms with Gasteiger partial charge in [-0.25, -0.2) is 8.42 Å². The van der Waals surface area contributed by atoms with Crippen molar-refractivity contribution in [3.05, 3.63) is 34.9 Å². The second-order valence-corrected chi connectivity index (χ2v) is 7.21. The van der Waals surface area contributed by atoms with E-state index in [9.17, 15) is 8.42 Å². The largest absolute Gasteiger partial charge is 0.212 e. The van der Waals surface area contributed by atoms with Crippen molar-refractivity contribution in [2.24, 2.45) is 0 Å². The van der Waals surface area contributed by atoms with Crippen molar-refractivity contribution < 1.29 is 8.42 Å². The number of hydrogen-bond donors (Lipinski definition) is 0. The lowest BCUT2D eigenvalue weighted by molar-refractivity contribution is 0.439. The summed E-state index contributed by atoms with van der Waals surface area (Å²) in [6.45, 7) is 0.580. The lowest BCUT2D eigenvalue weighted by Gasteiger charge is -2.21. The van der Waals surface area contributed by atoms with E-state index in [1.165, 1.54) is 10.6 Å². The van der Waals surface area contributed by atoms with Crippen LogP contribution in [0.15, 0.2) is 24.3 Å². The van der Waals surface area contributed by atoms with E-state index >= 15 is 0 Å². The van der Waals surface area contributed by atoms with E-state index in [-0.39, 0.29) is 5.37 Å². The fourth-order valence-corrected chi connectivity index (χ4v) is 4.62. The molecule has 1 atom stereocenters. The van der Waals surface area contributed by atoms with Gasteiger partial charge in [-0.3, -0.25) is 0 Å². The molecule has 1 saturated heterocycles. The van der Waals surface area contributed by atoms with Gasteiger partial charge in [0.25, 0.3) is 0 Å². The van der Waals surface area contributed by atoms with Crippen molar-refractivity contribution in [1.29, 1.82) is 0 Å². The molecule has 1 aliphatic rings. The Bertz CT molecular complexity index is 472. The van der Waals surface area contributed by atoms with Gasteiger partial charge in [-0.1, -0.05) is 23.7 Å². The highest BCUT2D eigenvalue weighted by Crippen LogP contribution is 2.39. The van der Waals surface area contributed by atoms with E-state index < -0.39 is 10.0 Å². The van der Waals surface area contributed by atoms with E-state index in [1.54, 1.807) is 23.9 Å². The Morgan fingerprint density at radius 3 is 2.56 bits per heavy atom. The minimum absolute atomic E-state index is 0.104. The number of benzene rings is 1. The van der Waals surface area contributed by atoms with Crippen LogP contribution < -0.4 is 0 Å². The summed E-state index contributed by atoms with van der Waals surface area (Å²) in [7, 11) is -3.13. The molecule has 1 aliphatic heterocycles. The maximum Gasteiger partial charge on any atom is 0.212 e. The number of rotatable bonds is 2. The van der Waals surface area contributed by atoms with Gasteiger partial charge in [0.1, 0.15) is 0 Å². The monoisotopic (exact) mass is 277 g/mol. The first kappa shape index (κ1) is 12.2. The van der Waals surface area contributed by atoms with E-state index in [2.05, 4.69) is 0 Å². The maximum atomic E-state index is 11.6. The maximum absolute atomic E-state index is 11.6. The molecule has 3 nitrogen and oxygen atoms in total. The molecule has 0 radical (unpaired) electrons. The first-order valence-electron chi connectivity index (χ1n) is 4.82. The van der Waals surface area contributed by atoms with E-state index in [0.717, 1.165) is 11.3 Å². The fraction of sp³-hybridized carbons (Fsp3) is 0.400. The summed E-state index contributed by atoms with van der Waals surface area (Å²) in [6, 6.07) is 7.33. The second kappa shape index (κ2) is 4.56. The lowest BCUT2D eigenvalue weighted by atomic mass is 10.2. The van der Waals surface area contributed by atoms with E-state index in [1.807, 2.05) is 12.1 Å². The van der Waals surface area contributed by atoms with Crippen molar-refractivity contribution in [1.82, 2.24) is 4.31 Å². The quantitative estimate of drug-likeness (QED) is 0.833. The van der Waals surface area contributed by atoms with Crippen LogP contribution in [0.3, 0.4) is 0 Å². The van der Waals surface area contributed by atoms with Crippen LogP contribution in [-0.2, 0) is 10.0 Å². The summed E-state index contributed by atoms with van der Waals surface area (Å²) in [5.41, 5.74) is 0.984. The SMILES string of the molecule is CS(=O)(=O)N1CCS[C@@H]1c1ccc(Cl)cc1. The summed E-state index contributed by atoms with van der Waals surface area (Å²) in [5.74, 6) is 0.834. The van der Waals surface area contributed by atoms with Crippen molar-refractivity contribution in [3.63, 3.8) is 0 Å². The normalized spacial score (nSPS) is 22.5. The molecule has 0 saturated carbocycles. The summed E-state index contributed by atoms with van der Waals surface area (Å²) in [6.07, 6.45) is 1.25. The van der Waals surface area contributed by atoms with Crippen LogP contribution in [0.1, 0.15) is 10.9 Å². The molecule has 0 bridgehead atoms. The molecular formula is C10H12ClNO2S2. The molecule has 0 spiro atoms. The average molecular weight is 278 g/mol. The zero-order chi connectivity index (χ0) is 11.8. The standard InChI is InChI=1S/C10H12ClNO2S2/c1-16(13,14)12-6-7-15-10(12)8-2-4-9(11)5-3-8/h2-5,10H,6-7H2,1H3/t10-/m1/s1. The van der Waals surface area contributed by atoms with Crippen molar-refractivity contribution in [2.45, 2.75) is 5.37 Å². The van der Waals surface area contributed by atoms with Crippen molar-refractivity contribution in [3.8, 4) is 0 Å². The number of hydrogen-bond acceptors (Lipinski definition) is 3. The Morgan fingerprint density at radius 1 is 1.38 bits per heavy atom. The Kier molecular flexibility index (Phi) is 3.49. The molecule has 16 heavy (non-hydrogen) atoms. The van der Waals surface area contributed by atoms with Gasteiger partial charge in [0, 0.05) is 17.3 Å². The van der Waals surface area contributed by atoms with Crippen LogP contribution in [0, 0.1) is 0 Å². The number of thioether (sulfide) groups is 1. The molecule has 6 heteroatoms. The van der Waals surface area contributed by atoms with Gasteiger partial charge in [0.05, 0.1) is 11.6 Å². The zero-order valence-corrected chi connectivity index (χ0v) is 11.1. The summed E-state index contributed by atoms with van der Waals surface area (Å²) in [4.78, 5) is 0. The highest BCUT2D eigenvalue weighted by molar-refractivity contribution is 8.00. The molecule has 1 heterocycles.